The molecule has 0 aliphatic carbocycles. The molecule has 1 aliphatic heterocycles. The Hall–Kier alpha value is -2.95. The Kier molecular flexibility index (Phi) is 5.69. The molecule has 0 spiro atoms. The van der Waals surface area contributed by atoms with Crippen LogP contribution in [0.25, 0.3) is 0 Å². The predicted molar refractivity (Wildman–Crippen MR) is 101 cm³/mol. The highest BCUT2D eigenvalue weighted by Gasteiger charge is 2.36. The van der Waals surface area contributed by atoms with Gasteiger partial charge in [0.15, 0.2) is 5.78 Å². The van der Waals surface area contributed by atoms with Crippen LogP contribution in [0.2, 0.25) is 0 Å². The van der Waals surface area contributed by atoms with Crippen LogP contribution in [-0.4, -0.2) is 28.4 Å². The minimum atomic E-state index is -0.587. The quantitative estimate of drug-likeness (QED) is 0.718. The van der Waals surface area contributed by atoms with Crippen molar-refractivity contribution < 1.29 is 19.1 Å². The third-order valence-corrected chi connectivity index (χ3v) is 4.81. The Morgan fingerprint density at radius 3 is 2.48 bits per heavy atom. The number of fused-ring (bicyclic) bond motifs is 1. The highest BCUT2D eigenvalue weighted by molar-refractivity contribution is 6.01. The van der Waals surface area contributed by atoms with Crippen molar-refractivity contribution in [2.45, 2.75) is 45.9 Å². The average molecular weight is 365 g/mol. The lowest BCUT2D eigenvalue weighted by molar-refractivity contribution is -0.122. The van der Waals surface area contributed by atoms with Gasteiger partial charge in [-0.3, -0.25) is 9.59 Å². The molecule has 1 aliphatic rings. The van der Waals surface area contributed by atoms with Crippen LogP contribution in [0.4, 0.5) is 0 Å². The number of amides is 1. The van der Waals surface area contributed by atoms with Gasteiger partial charge in [0.1, 0.15) is 18.1 Å². The van der Waals surface area contributed by atoms with Gasteiger partial charge in [0.05, 0.1) is 12.6 Å². The average Bonchev–Trinajstić information content (AvgIpc) is 2.98. The Morgan fingerprint density at radius 2 is 1.81 bits per heavy atom. The lowest BCUT2D eigenvalue weighted by atomic mass is 10.0. The lowest BCUT2D eigenvalue weighted by Crippen LogP contribution is -2.40. The number of hydrogen-bond acceptors (Lipinski definition) is 4. The SMILES string of the molecule is CC(=O)CCC(C(C)=O)N1Cc2c(OCc3ccccc3)cccc2C1=O. The first-order valence-corrected chi connectivity index (χ1v) is 9.07. The third kappa shape index (κ3) is 4.25. The molecule has 0 fully saturated rings. The molecule has 0 saturated heterocycles. The zero-order valence-corrected chi connectivity index (χ0v) is 15.6. The minimum Gasteiger partial charge on any atom is -0.489 e. The van der Waals surface area contributed by atoms with Crippen LogP contribution >= 0.6 is 0 Å². The number of carbonyl (C=O) groups excluding carboxylic acids is 3. The van der Waals surface area contributed by atoms with E-state index in [1.807, 2.05) is 36.4 Å². The van der Waals surface area contributed by atoms with Crippen LogP contribution in [0, 0.1) is 0 Å². The van der Waals surface area contributed by atoms with E-state index < -0.39 is 6.04 Å². The van der Waals surface area contributed by atoms with Gasteiger partial charge in [-0.05, 0) is 38.0 Å². The molecule has 27 heavy (non-hydrogen) atoms. The lowest BCUT2D eigenvalue weighted by Gasteiger charge is -2.25. The largest absolute Gasteiger partial charge is 0.489 e. The van der Waals surface area contributed by atoms with Crippen molar-refractivity contribution in [2.75, 3.05) is 0 Å². The summed E-state index contributed by atoms with van der Waals surface area (Å²) in [6, 6.07) is 14.6. The first kappa shape index (κ1) is 18.8. The Labute approximate surface area is 158 Å². The van der Waals surface area contributed by atoms with E-state index in [2.05, 4.69) is 0 Å². The maximum absolute atomic E-state index is 12.8. The third-order valence-electron chi connectivity index (χ3n) is 4.81. The molecule has 2 aromatic carbocycles. The van der Waals surface area contributed by atoms with Gasteiger partial charge in [0, 0.05) is 17.5 Å². The van der Waals surface area contributed by atoms with Crippen LogP contribution < -0.4 is 4.74 Å². The predicted octanol–water partition coefficient (Wildman–Crippen LogP) is 3.55. The summed E-state index contributed by atoms with van der Waals surface area (Å²) in [5.74, 6) is 0.376. The molecular weight excluding hydrogens is 342 g/mol. The molecule has 3 rings (SSSR count). The number of ketones is 2. The van der Waals surface area contributed by atoms with Crippen molar-refractivity contribution in [2.24, 2.45) is 0 Å². The number of ether oxygens (including phenoxy) is 1. The van der Waals surface area contributed by atoms with Crippen molar-refractivity contribution in [3.63, 3.8) is 0 Å². The molecule has 1 atom stereocenters. The Bertz CT molecular complexity index is 860. The molecule has 0 saturated carbocycles. The summed E-state index contributed by atoms with van der Waals surface area (Å²) in [6.45, 7) is 3.69. The van der Waals surface area contributed by atoms with Crippen LogP contribution in [0.3, 0.4) is 0 Å². The smallest absolute Gasteiger partial charge is 0.255 e. The molecule has 140 valence electrons. The summed E-state index contributed by atoms with van der Waals surface area (Å²) < 4.78 is 5.95. The molecule has 5 heteroatoms. The molecule has 5 nitrogen and oxygen atoms in total. The van der Waals surface area contributed by atoms with Gasteiger partial charge in [0.25, 0.3) is 5.91 Å². The monoisotopic (exact) mass is 365 g/mol. The zero-order valence-electron chi connectivity index (χ0n) is 15.6. The summed E-state index contributed by atoms with van der Waals surface area (Å²) in [7, 11) is 0. The van der Waals surface area contributed by atoms with E-state index in [1.165, 1.54) is 13.8 Å². The second-order valence-corrected chi connectivity index (χ2v) is 6.86. The van der Waals surface area contributed by atoms with Crippen LogP contribution in [-0.2, 0) is 22.7 Å². The van der Waals surface area contributed by atoms with Gasteiger partial charge < -0.3 is 14.4 Å². The number of Topliss-reactive ketones (excluding diaryl/α,β-unsaturated/α-hetero) is 2. The zero-order chi connectivity index (χ0) is 19.4. The van der Waals surface area contributed by atoms with E-state index in [1.54, 1.807) is 17.0 Å². The van der Waals surface area contributed by atoms with E-state index in [0.717, 1.165) is 11.1 Å². The van der Waals surface area contributed by atoms with E-state index >= 15 is 0 Å². The summed E-state index contributed by atoms with van der Waals surface area (Å²) in [5, 5.41) is 0. The molecule has 1 heterocycles. The fourth-order valence-corrected chi connectivity index (χ4v) is 3.37. The van der Waals surface area contributed by atoms with Crippen LogP contribution in [0.5, 0.6) is 5.75 Å². The van der Waals surface area contributed by atoms with Gasteiger partial charge in [-0.2, -0.15) is 0 Å². The van der Waals surface area contributed by atoms with E-state index in [4.69, 9.17) is 4.74 Å². The second-order valence-electron chi connectivity index (χ2n) is 6.86. The molecular formula is C22H23NO4. The van der Waals surface area contributed by atoms with Gasteiger partial charge in [-0.15, -0.1) is 0 Å². The second kappa shape index (κ2) is 8.16. The molecule has 0 N–H and O–H groups in total. The molecule has 0 aromatic heterocycles. The van der Waals surface area contributed by atoms with E-state index in [9.17, 15) is 14.4 Å². The summed E-state index contributed by atoms with van der Waals surface area (Å²) >= 11 is 0. The van der Waals surface area contributed by atoms with Gasteiger partial charge in [-0.1, -0.05) is 36.4 Å². The van der Waals surface area contributed by atoms with Gasteiger partial charge in [0.2, 0.25) is 0 Å². The van der Waals surface area contributed by atoms with E-state index in [0.29, 0.717) is 30.9 Å². The first-order chi connectivity index (χ1) is 13.0. The maximum Gasteiger partial charge on any atom is 0.255 e. The van der Waals surface area contributed by atoms with Crippen molar-refractivity contribution >= 4 is 17.5 Å². The summed E-state index contributed by atoms with van der Waals surface area (Å²) in [4.78, 5) is 37.8. The summed E-state index contributed by atoms with van der Waals surface area (Å²) in [5.41, 5.74) is 2.40. The minimum absolute atomic E-state index is 0.0114. The van der Waals surface area contributed by atoms with Crippen molar-refractivity contribution in [1.82, 2.24) is 4.90 Å². The van der Waals surface area contributed by atoms with Crippen molar-refractivity contribution in [3.05, 3.63) is 65.2 Å². The standard InChI is InChI=1S/C22H23NO4/c1-15(24)11-12-20(16(2)25)23-13-19-18(22(23)26)9-6-10-21(19)27-14-17-7-4-3-5-8-17/h3-10,20H,11-14H2,1-2H3. The van der Waals surface area contributed by atoms with Crippen LogP contribution in [0.15, 0.2) is 48.5 Å². The number of hydrogen-bond donors (Lipinski definition) is 0. The molecule has 1 amide bonds. The number of rotatable bonds is 8. The fraction of sp³-hybridized carbons (Fsp3) is 0.318. The highest BCUT2D eigenvalue weighted by Crippen LogP contribution is 2.33. The van der Waals surface area contributed by atoms with Gasteiger partial charge in [-0.25, -0.2) is 0 Å². The Balaban J connectivity index is 1.79. The van der Waals surface area contributed by atoms with Crippen molar-refractivity contribution in [1.29, 1.82) is 0 Å². The molecule has 2 aromatic rings. The van der Waals surface area contributed by atoms with E-state index in [-0.39, 0.29) is 23.9 Å². The molecule has 1 unspecified atom stereocenters. The Morgan fingerprint density at radius 1 is 1.07 bits per heavy atom. The normalized spacial score (nSPS) is 14.0. The van der Waals surface area contributed by atoms with Crippen LogP contribution in [0.1, 0.15) is 48.2 Å². The molecule has 0 radical (unpaired) electrons. The topological polar surface area (TPSA) is 63.7 Å². The maximum atomic E-state index is 12.8. The van der Waals surface area contributed by atoms with Crippen molar-refractivity contribution in [3.8, 4) is 5.75 Å². The highest BCUT2D eigenvalue weighted by atomic mass is 16.5. The summed E-state index contributed by atoms with van der Waals surface area (Å²) in [6.07, 6.45) is 0.631. The number of benzene rings is 2. The fourth-order valence-electron chi connectivity index (χ4n) is 3.37. The van der Waals surface area contributed by atoms with Gasteiger partial charge >= 0.3 is 0 Å². The molecule has 0 bridgehead atoms. The number of carbonyl (C=O) groups is 3. The number of nitrogens with zero attached hydrogens (tertiary/aromatic N) is 1. The first-order valence-electron chi connectivity index (χ1n) is 9.07.